The Hall–Kier alpha value is -4.46. The van der Waals surface area contributed by atoms with Gasteiger partial charge in [-0.3, -0.25) is 38.6 Å². The fourth-order valence-electron chi connectivity index (χ4n) is 5.66. The van der Waals surface area contributed by atoms with Crippen LogP contribution in [-0.2, 0) is 23.8 Å². The van der Waals surface area contributed by atoms with Crippen LogP contribution in [0.1, 0.15) is 55.3 Å². The van der Waals surface area contributed by atoms with Gasteiger partial charge in [-0.05, 0) is 38.1 Å². The standard InChI is InChI=1S/C32H36N4O9/c1-21(35-29(39)23-7-3-4-8-24(23)30(35)40)27(37)33-11-15-43-16-12-34(14-18-45-20-19-44-17-13-33)28(38)22(2)36-31(41)25-9-5-6-10-26(25)32(36)42/h3-10,21-22H,11-20H2,1-2H3/t21-,22-/m1/s1. The molecule has 3 aliphatic rings. The highest BCUT2D eigenvalue weighted by Gasteiger charge is 2.43. The number of carbonyl (C=O) groups is 6. The van der Waals surface area contributed by atoms with E-state index in [0.29, 0.717) is 0 Å². The van der Waals surface area contributed by atoms with Crippen molar-refractivity contribution in [3.63, 3.8) is 0 Å². The molecule has 13 nitrogen and oxygen atoms in total. The summed E-state index contributed by atoms with van der Waals surface area (Å²) in [6, 6.07) is 10.8. The lowest BCUT2D eigenvalue weighted by Gasteiger charge is -2.30. The van der Waals surface area contributed by atoms with Crippen molar-refractivity contribution < 1.29 is 43.0 Å². The number of ether oxygens (including phenoxy) is 3. The summed E-state index contributed by atoms with van der Waals surface area (Å²) in [5.74, 6) is -2.91. The van der Waals surface area contributed by atoms with E-state index in [9.17, 15) is 28.8 Å². The summed E-state index contributed by atoms with van der Waals surface area (Å²) in [5, 5.41) is 0. The van der Waals surface area contributed by atoms with E-state index in [4.69, 9.17) is 14.2 Å². The summed E-state index contributed by atoms with van der Waals surface area (Å²) in [6.45, 7) is 4.89. The number of benzene rings is 2. The smallest absolute Gasteiger partial charge is 0.262 e. The molecule has 0 spiro atoms. The number of imide groups is 2. The molecule has 45 heavy (non-hydrogen) atoms. The molecule has 2 aromatic rings. The van der Waals surface area contributed by atoms with Gasteiger partial charge in [0.25, 0.3) is 23.6 Å². The molecule has 0 aromatic heterocycles. The van der Waals surface area contributed by atoms with Crippen LogP contribution in [0.3, 0.4) is 0 Å². The highest BCUT2D eigenvalue weighted by molar-refractivity contribution is 6.23. The van der Waals surface area contributed by atoms with Gasteiger partial charge in [-0.15, -0.1) is 0 Å². The van der Waals surface area contributed by atoms with Gasteiger partial charge in [-0.2, -0.15) is 0 Å². The second-order valence-corrected chi connectivity index (χ2v) is 10.9. The molecule has 5 rings (SSSR count). The lowest BCUT2D eigenvalue weighted by Crippen LogP contribution is -2.51. The topological polar surface area (TPSA) is 143 Å². The van der Waals surface area contributed by atoms with E-state index < -0.39 is 47.5 Å². The van der Waals surface area contributed by atoms with Crippen molar-refractivity contribution in [2.45, 2.75) is 25.9 Å². The number of rotatable bonds is 4. The molecule has 0 unspecified atom stereocenters. The molecule has 2 atom stereocenters. The zero-order chi connectivity index (χ0) is 32.1. The molecule has 0 bridgehead atoms. The molecule has 0 saturated carbocycles. The first-order valence-electron chi connectivity index (χ1n) is 15.0. The number of amides is 6. The van der Waals surface area contributed by atoms with E-state index in [1.165, 1.54) is 23.6 Å². The Balaban J connectivity index is 1.21. The Kier molecular flexibility index (Phi) is 10.0. The van der Waals surface area contributed by atoms with E-state index in [2.05, 4.69) is 0 Å². The van der Waals surface area contributed by atoms with Crippen LogP contribution in [0.25, 0.3) is 0 Å². The van der Waals surface area contributed by atoms with Gasteiger partial charge in [-0.1, -0.05) is 24.3 Å². The van der Waals surface area contributed by atoms with E-state index in [-0.39, 0.29) is 88.1 Å². The zero-order valence-corrected chi connectivity index (χ0v) is 25.3. The van der Waals surface area contributed by atoms with Crippen molar-refractivity contribution in [2.24, 2.45) is 0 Å². The van der Waals surface area contributed by atoms with Crippen molar-refractivity contribution in [2.75, 3.05) is 65.8 Å². The van der Waals surface area contributed by atoms with Gasteiger partial charge in [0.2, 0.25) is 11.8 Å². The predicted octanol–water partition coefficient (Wildman–Crippen LogP) is 1.08. The second-order valence-electron chi connectivity index (χ2n) is 10.9. The highest BCUT2D eigenvalue weighted by Crippen LogP contribution is 2.26. The lowest BCUT2D eigenvalue weighted by molar-refractivity contribution is -0.136. The largest absolute Gasteiger partial charge is 0.378 e. The summed E-state index contributed by atoms with van der Waals surface area (Å²) in [5.41, 5.74) is 1.06. The van der Waals surface area contributed by atoms with E-state index in [0.717, 1.165) is 9.80 Å². The Bertz CT molecular complexity index is 1310. The number of carbonyl (C=O) groups excluding carboxylic acids is 6. The maximum absolute atomic E-state index is 13.5. The van der Waals surface area contributed by atoms with Gasteiger partial charge >= 0.3 is 0 Å². The van der Waals surface area contributed by atoms with Crippen LogP contribution in [0.15, 0.2) is 48.5 Å². The van der Waals surface area contributed by atoms with Gasteiger partial charge in [-0.25, -0.2) is 0 Å². The average molecular weight is 621 g/mol. The first-order valence-corrected chi connectivity index (χ1v) is 15.0. The second kappa shape index (κ2) is 14.1. The third-order valence-corrected chi connectivity index (χ3v) is 8.16. The summed E-state index contributed by atoms with van der Waals surface area (Å²) in [6.07, 6.45) is 0. The van der Waals surface area contributed by atoms with Crippen molar-refractivity contribution >= 4 is 35.4 Å². The summed E-state index contributed by atoms with van der Waals surface area (Å²) >= 11 is 0. The Morgan fingerprint density at radius 2 is 0.778 bits per heavy atom. The SMILES string of the molecule is C[C@H](C(=O)N1CCOCCOCCN(C(=O)[C@@H](C)N2C(=O)c3ccccc3C2=O)CCOCC1)N1C(=O)c2ccccc2C1=O. The first-order chi connectivity index (χ1) is 21.7. The number of hydrogen-bond donors (Lipinski definition) is 0. The third-order valence-electron chi connectivity index (χ3n) is 8.16. The van der Waals surface area contributed by atoms with Crippen LogP contribution < -0.4 is 0 Å². The van der Waals surface area contributed by atoms with E-state index >= 15 is 0 Å². The Labute approximate surface area is 260 Å². The molecular weight excluding hydrogens is 584 g/mol. The monoisotopic (exact) mass is 620 g/mol. The number of nitrogens with zero attached hydrogens (tertiary/aromatic N) is 4. The van der Waals surface area contributed by atoms with Crippen LogP contribution in [0.2, 0.25) is 0 Å². The molecule has 3 heterocycles. The molecule has 6 amide bonds. The minimum Gasteiger partial charge on any atom is -0.378 e. The van der Waals surface area contributed by atoms with E-state index in [1.807, 2.05) is 0 Å². The average Bonchev–Trinajstić information content (AvgIpc) is 3.45. The van der Waals surface area contributed by atoms with Crippen molar-refractivity contribution in [1.29, 1.82) is 0 Å². The van der Waals surface area contributed by atoms with Crippen molar-refractivity contribution in [3.8, 4) is 0 Å². The van der Waals surface area contributed by atoms with Gasteiger partial charge < -0.3 is 24.0 Å². The lowest BCUT2D eigenvalue weighted by atomic mass is 10.1. The predicted molar refractivity (Wildman–Crippen MR) is 158 cm³/mol. The molecule has 0 aliphatic carbocycles. The van der Waals surface area contributed by atoms with Crippen molar-refractivity contribution in [1.82, 2.24) is 19.6 Å². The molecule has 238 valence electrons. The molecule has 0 N–H and O–H groups in total. The summed E-state index contributed by atoms with van der Waals surface area (Å²) in [4.78, 5) is 83.8. The van der Waals surface area contributed by atoms with Crippen LogP contribution in [0, 0.1) is 0 Å². The zero-order valence-electron chi connectivity index (χ0n) is 25.3. The Morgan fingerprint density at radius 3 is 1.07 bits per heavy atom. The number of fused-ring (bicyclic) bond motifs is 2. The fraction of sp³-hybridized carbons (Fsp3) is 0.438. The maximum atomic E-state index is 13.5. The minimum absolute atomic E-state index is 0.118. The fourth-order valence-corrected chi connectivity index (χ4v) is 5.66. The third kappa shape index (κ3) is 6.51. The number of hydrogen-bond acceptors (Lipinski definition) is 9. The van der Waals surface area contributed by atoms with Crippen LogP contribution >= 0.6 is 0 Å². The molecule has 0 radical (unpaired) electrons. The van der Waals surface area contributed by atoms with Gasteiger partial charge in [0.1, 0.15) is 12.1 Å². The minimum atomic E-state index is -1.04. The summed E-state index contributed by atoms with van der Waals surface area (Å²) < 4.78 is 17.1. The van der Waals surface area contributed by atoms with Crippen LogP contribution in [-0.4, -0.2) is 133 Å². The normalized spacial score (nSPS) is 20.0. The molecule has 1 saturated heterocycles. The molecule has 1 fully saturated rings. The molecule has 13 heteroatoms. The first kappa shape index (κ1) is 31.9. The van der Waals surface area contributed by atoms with Crippen molar-refractivity contribution in [3.05, 3.63) is 70.8 Å². The highest BCUT2D eigenvalue weighted by atomic mass is 16.5. The Morgan fingerprint density at radius 1 is 0.511 bits per heavy atom. The van der Waals surface area contributed by atoms with Crippen LogP contribution in [0.5, 0.6) is 0 Å². The molecular formula is C32H36N4O9. The van der Waals surface area contributed by atoms with Gasteiger partial charge in [0.05, 0.1) is 61.9 Å². The van der Waals surface area contributed by atoms with E-state index in [1.54, 1.807) is 48.5 Å². The van der Waals surface area contributed by atoms with Crippen LogP contribution in [0.4, 0.5) is 0 Å². The quantitative estimate of drug-likeness (QED) is 0.459. The van der Waals surface area contributed by atoms with Gasteiger partial charge in [0.15, 0.2) is 0 Å². The molecule has 3 aliphatic heterocycles. The molecule has 2 aromatic carbocycles. The van der Waals surface area contributed by atoms with Gasteiger partial charge in [0, 0.05) is 26.2 Å². The summed E-state index contributed by atoms with van der Waals surface area (Å²) in [7, 11) is 0. The maximum Gasteiger partial charge on any atom is 0.262 e.